The Morgan fingerprint density at radius 2 is 2.04 bits per heavy atom. The topological polar surface area (TPSA) is 75.1 Å². The van der Waals surface area contributed by atoms with E-state index in [2.05, 4.69) is 4.98 Å². The summed E-state index contributed by atoms with van der Waals surface area (Å²) in [5.74, 6) is -1.66. The molecule has 3 rings (SSSR count). The average molecular weight is 370 g/mol. The second kappa shape index (κ2) is 7.87. The van der Waals surface area contributed by atoms with E-state index in [1.54, 1.807) is 25.3 Å². The van der Waals surface area contributed by atoms with Crippen LogP contribution >= 0.6 is 0 Å². The number of aromatic amines is 1. The standard InChI is InChI=1S/C20H16F2N2O3/c1-2-26-19(25)6-4-15-14-7-8-24-18(14)10-17(22)20(15)27-13-3-5-16(21)12(9-13)11-23/h3,5,7-10,24H,2,4,6H2,1H3. The Kier molecular flexibility index (Phi) is 5.36. The van der Waals surface area contributed by atoms with Crippen molar-refractivity contribution in [1.82, 2.24) is 4.98 Å². The zero-order chi connectivity index (χ0) is 19.4. The number of fused-ring (bicyclic) bond motifs is 1. The second-order valence-electron chi connectivity index (χ2n) is 5.77. The number of rotatable bonds is 6. The minimum Gasteiger partial charge on any atom is -0.466 e. The number of ether oxygens (including phenoxy) is 2. The van der Waals surface area contributed by atoms with Gasteiger partial charge in [0.15, 0.2) is 11.6 Å². The lowest BCUT2D eigenvalue weighted by Crippen LogP contribution is -2.06. The number of nitrogens with zero attached hydrogens (tertiary/aromatic N) is 1. The molecule has 1 heterocycles. The number of esters is 1. The van der Waals surface area contributed by atoms with Crippen molar-refractivity contribution in [3.63, 3.8) is 0 Å². The normalized spacial score (nSPS) is 10.6. The molecule has 3 aromatic rings. The monoisotopic (exact) mass is 370 g/mol. The highest BCUT2D eigenvalue weighted by Gasteiger charge is 2.18. The summed E-state index contributed by atoms with van der Waals surface area (Å²) in [4.78, 5) is 14.6. The van der Waals surface area contributed by atoms with Crippen LogP contribution in [-0.4, -0.2) is 17.6 Å². The van der Waals surface area contributed by atoms with Gasteiger partial charge in [-0.25, -0.2) is 8.78 Å². The van der Waals surface area contributed by atoms with Crippen molar-refractivity contribution in [2.45, 2.75) is 19.8 Å². The second-order valence-corrected chi connectivity index (χ2v) is 5.77. The summed E-state index contributed by atoms with van der Waals surface area (Å²) in [6.07, 6.45) is 1.92. The lowest BCUT2D eigenvalue weighted by atomic mass is 10.0. The first-order chi connectivity index (χ1) is 13.0. The van der Waals surface area contributed by atoms with Gasteiger partial charge in [-0.15, -0.1) is 0 Å². The molecule has 1 N–H and O–H groups in total. The molecule has 5 nitrogen and oxygen atoms in total. The molecule has 0 atom stereocenters. The van der Waals surface area contributed by atoms with Gasteiger partial charge in [0.05, 0.1) is 12.2 Å². The van der Waals surface area contributed by atoms with Crippen molar-refractivity contribution in [1.29, 1.82) is 5.26 Å². The van der Waals surface area contributed by atoms with E-state index < -0.39 is 17.6 Å². The highest BCUT2D eigenvalue weighted by molar-refractivity contribution is 5.86. The molecule has 0 fully saturated rings. The Morgan fingerprint density at radius 1 is 1.22 bits per heavy atom. The summed E-state index contributed by atoms with van der Waals surface area (Å²) in [5, 5.41) is 9.66. The number of halogens is 2. The largest absolute Gasteiger partial charge is 0.466 e. The number of nitrogens with one attached hydrogen (secondary N) is 1. The number of nitriles is 1. The number of carbonyl (C=O) groups is 1. The number of H-pyrrole nitrogens is 1. The highest BCUT2D eigenvalue weighted by atomic mass is 19.1. The number of benzene rings is 2. The van der Waals surface area contributed by atoms with Gasteiger partial charge >= 0.3 is 5.97 Å². The van der Waals surface area contributed by atoms with E-state index in [1.807, 2.05) is 0 Å². The van der Waals surface area contributed by atoms with Crippen LogP contribution in [0.15, 0.2) is 36.5 Å². The van der Waals surface area contributed by atoms with Crippen LogP contribution in [-0.2, 0) is 16.0 Å². The summed E-state index contributed by atoms with van der Waals surface area (Å²) in [6, 6.07) is 8.35. The maximum absolute atomic E-state index is 14.7. The Morgan fingerprint density at radius 3 is 2.78 bits per heavy atom. The van der Waals surface area contributed by atoms with Crippen LogP contribution in [0, 0.1) is 23.0 Å². The maximum atomic E-state index is 14.7. The van der Waals surface area contributed by atoms with Crippen LogP contribution < -0.4 is 4.74 Å². The van der Waals surface area contributed by atoms with Crippen LogP contribution in [0.4, 0.5) is 8.78 Å². The van der Waals surface area contributed by atoms with Gasteiger partial charge in [-0.05, 0) is 31.5 Å². The summed E-state index contributed by atoms with van der Waals surface area (Å²) in [5.41, 5.74) is 0.848. The molecular weight excluding hydrogens is 354 g/mol. The zero-order valence-electron chi connectivity index (χ0n) is 14.5. The summed E-state index contributed by atoms with van der Waals surface area (Å²) >= 11 is 0. The third-order valence-corrected chi connectivity index (χ3v) is 4.03. The molecule has 0 aliphatic carbocycles. The molecule has 0 spiro atoms. The average Bonchev–Trinajstić information content (AvgIpc) is 3.11. The number of aromatic nitrogens is 1. The van der Waals surface area contributed by atoms with E-state index in [4.69, 9.17) is 14.7 Å². The van der Waals surface area contributed by atoms with Crippen molar-refractivity contribution in [2.75, 3.05) is 6.61 Å². The van der Waals surface area contributed by atoms with Crippen molar-refractivity contribution < 1.29 is 23.0 Å². The van der Waals surface area contributed by atoms with E-state index in [0.717, 1.165) is 6.07 Å². The Bertz CT molecular complexity index is 1040. The molecule has 0 amide bonds. The van der Waals surface area contributed by atoms with Gasteiger partial charge in [-0.2, -0.15) is 5.26 Å². The predicted octanol–water partition coefficient (Wildman–Crippen LogP) is 4.61. The summed E-state index contributed by atoms with van der Waals surface area (Å²) in [7, 11) is 0. The Labute approximate surface area is 154 Å². The Hall–Kier alpha value is -3.40. The van der Waals surface area contributed by atoms with Crippen molar-refractivity contribution in [2.24, 2.45) is 0 Å². The third kappa shape index (κ3) is 3.90. The zero-order valence-corrected chi connectivity index (χ0v) is 14.5. The van der Waals surface area contributed by atoms with Gasteiger partial charge < -0.3 is 14.5 Å². The van der Waals surface area contributed by atoms with Crippen LogP contribution in [0.2, 0.25) is 0 Å². The van der Waals surface area contributed by atoms with Gasteiger partial charge in [0.2, 0.25) is 0 Å². The van der Waals surface area contributed by atoms with Crippen molar-refractivity contribution in [3.05, 3.63) is 59.3 Å². The van der Waals surface area contributed by atoms with Crippen LogP contribution in [0.1, 0.15) is 24.5 Å². The van der Waals surface area contributed by atoms with E-state index >= 15 is 0 Å². The first-order valence-corrected chi connectivity index (χ1v) is 8.35. The predicted molar refractivity (Wildman–Crippen MR) is 94.4 cm³/mol. The SMILES string of the molecule is CCOC(=O)CCc1c(Oc2ccc(F)c(C#N)c2)c(F)cc2[nH]ccc12. The molecule has 0 unspecified atom stereocenters. The van der Waals surface area contributed by atoms with Gasteiger partial charge in [0, 0.05) is 41.2 Å². The van der Waals surface area contributed by atoms with Gasteiger partial charge in [-0.1, -0.05) is 0 Å². The Balaban J connectivity index is 2.00. The summed E-state index contributed by atoms with van der Waals surface area (Å²) in [6.45, 7) is 1.97. The van der Waals surface area contributed by atoms with E-state index in [-0.39, 0.29) is 36.5 Å². The van der Waals surface area contributed by atoms with Crippen LogP contribution in [0.25, 0.3) is 10.9 Å². The molecule has 0 saturated heterocycles. The molecule has 0 radical (unpaired) electrons. The molecule has 0 bridgehead atoms. The molecule has 138 valence electrons. The molecule has 1 aromatic heterocycles. The number of hydrogen-bond acceptors (Lipinski definition) is 4. The fourth-order valence-electron chi connectivity index (χ4n) is 2.81. The van der Waals surface area contributed by atoms with Gasteiger partial charge in [-0.3, -0.25) is 4.79 Å². The molecule has 0 saturated carbocycles. The van der Waals surface area contributed by atoms with E-state index in [9.17, 15) is 13.6 Å². The molecule has 7 heteroatoms. The molecular formula is C20H16F2N2O3. The fraction of sp³-hybridized carbons (Fsp3) is 0.200. The smallest absolute Gasteiger partial charge is 0.306 e. The van der Waals surface area contributed by atoms with E-state index in [1.165, 1.54) is 18.2 Å². The van der Waals surface area contributed by atoms with Crippen LogP contribution in [0.5, 0.6) is 11.5 Å². The number of carbonyl (C=O) groups excluding carboxylic acids is 1. The first kappa shape index (κ1) is 18.4. The minimum atomic E-state index is -0.686. The van der Waals surface area contributed by atoms with Gasteiger partial charge in [0.25, 0.3) is 0 Å². The van der Waals surface area contributed by atoms with Crippen LogP contribution in [0.3, 0.4) is 0 Å². The number of aryl methyl sites for hydroxylation is 1. The molecule has 0 aliphatic heterocycles. The quantitative estimate of drug-likeness (QED) is 0.643. The molecule has 2 aromatic carbocycles. The molecule has 27 heavy (non-hydrogen) atoms. The first-order valence-electron chi connectivity index (χ1n) is 8.35. The van der Waals surface area contributed by atoms with Crippen molar-refractivity contribution in [3.8, 4) is 17.6 Å². The maximum Gasteiger partial charge on any atom is 0.306 e. The van der Waals surface area contributed by atoms with E-state index in [0.29, 0.717) is 16.5 Å². The van der Waals surface area contributed by atoms with Gasteiger partial charge in [0.1, 0.15) is 17.6 Å². The highest BCUT2D eigenvalue weighted by Crippen LogP contribution is 2.35. The third-order valence-electron chi connectivity index (χ3n) is 4.03. The van der Waals surface area contributed by atoms with Crippen molar-refractivity contribution >= 4 is 16.9 Å². The lowest BCUT2D eigenvalue weighted by molar-refractivity contribution is -0.143. The minimum absolute atomic E-state index is 0.0563. The lowest BCUT2D eigenvalue weighted by Gasteiger charge is -2.14. The molecule has 0 aliphatic rings. The fourth-order valence-corrected chi connectivity index (χ4v) is 2.81. The number of hydrogen-bond donors (Lipinski definition) is 1. The summed E-state index contributed by atoms with van der Waals surface area (Å²) < 4.78 is 38.8.